The van der Waals surface area contributed by atoms with Gasteiger partial charge in [-0.2, -0.15) is 0 Å². The van der Waals surface area contributed by atoms with Crippen molar-refractivity contribution in [2.24, 2.45) is 5.73 Å². The van der Waals surface area contributed by atoms with Crippen molar-refractivity contribution in [3.63, 3.8) is 0 Å². The van der Waals surface area contributed by atoms with Crippen LogP contribution in [0.1, 0.15) is 17.5 Å². The molecular formula is C11H15NO. The highest BCUT2D eigenvalue weighted by molar-refractivity contribution is 5.42. The Kier molecular flexibility index (Phi) is 2.23. The summed E-state index contributed by atoms with van der Waals surface area (Å²) >= 11 is 0. The van der Waals surface area contributed by atoms with Gasteiger partial charge in [0.1, 0.15) is 11.9 Å². The summed E-state index contributed by atoms with van der Waals surface area (Å²) in [6.45, 7) is 2.70. The Hall–Kier alpha value is -1.02. The standard InChI is InChI=1S/C11H15NO/c1-8-3-2-4-9-5-6-10(7-12)13-11(8)9/h2-4,10H,5-7,12H2,1H3. The van der Waals surface area contributed by atoms with Crippen molar-refractivity contribution in [3.8, 4) is 5.75 Å². The summed E-state index contributed by atoms with van der Waals surface area (Å²) in [7, 11) is 0. The van der Waals surface area contributed by atoms with E-state index in [1.165, 1.54) is 11.1 Å². The van der Waals surface area contributed by atoms with E-state index in [4.69, 9.17) is 10.5 Å². The molecule has 0 fully saturated rings. The zero-order valence-electron chi connectivity index (χ0n) is 7.92. The van der Waals surface area contributed by atoms with Crippen molar-refractivity contribution in [3.05, 3.63) is 29.3 Å². The van der Waals surface area contributed by atoms with Crippen molar-refractivity contribution in [2.45, 2.75) is 25.9 Å². The molecule has 1 atom stereocenters. The molecule has 1 aliphatic heterocycles. The molecule has 1 unspecified atom stereocenters. The van der Waals surface area contributed by atoms with Crippen LogP contribution in [-0.4, -0.2) is 12.6 Å². The molecule has 0 aromatic heterocycles. The molecule has 0 amide bonds. The monoisotopic (exact) mass is 177 g/mol. The SMILES string of the molecule is Cc1cccc2c1OC(CN)CC2. The summed E-state index contributed by atoms with van der Waals surface area (Å²) in [5, 5.41) is 0. The summed E-state index contributed by atoms with van der Waals surface area (Å²) in [5.41, 5.74) is 8.13. The van der Waals surface area contributed by atoms with E-state index in [2.05, 4.69) is 25.1 Å². The fraction of sp³-hybridized carbons (Fsp3) is 0.455. The van der Waals surface area contributed by atoms with Gasteiger partial charge in [0.15, 0.2) is 0 Å². The Morgan fingerprint density at radius 2 is 2.38 bits per heavy atom. The third-order valence-electron chi connectivity index (χ3n) is 2.58. The largest absolute Gasteiger partial charge is 0.489 e. The molecule has 0 aliphatic carbocycles. The lowest BCUT2D eigenvalue weighted by atomic mass is 10.00. The van der Waals surface area contributed by atoms with Gasteiger partial charge in [0, 0.05) is 6.54 Å². The Morgan fingerprint density at radius 3 is 3.15 bits per heavy atom. The van der Waals surface area contributed by atoms with Crippen LogP contribution in [0, 0.1) is 6.92 Å². The van der Waals surface area contributed by atoms with Gasteiger partial charge in [-0.25, -0.2) is 0 Å². The summed E-state index contributed by atoms with van der Waals surface area (Å²) in [6.07, 6.45) is 2.36. The predicted octanol–water partition coefficient (Wildman–Crippen LogP) is 1.65. The second kappa shape index (κ2) is 3.38. The number of hydrogen-bond acceptors (Lipinski definition) is 2. The van der Waals surface area contributed by atoms with Gasteiger partial charge < -0.3 is 10.5 Å². The first kappa shape index (κ1) is 8.57. The molecule has 0 bridgehead atoms. The molecule has 13 heavy (non-hydrogen) atoms. The smallest absolute Gasteiger partial charge is 0.125 e. The molecule has 2 rings (SSSR count). The summed E-state index contributed by atoms with van der Waals surface area (Å²) in [6, 6.07) is 6.30. The number of ether oxygens (including phenoxy) is 1. The fourth-order valence-corrected chi connectivity index (χ4v) is 1.79. The number of fused-ring (bicyclic) bond motifs is 1. The van der Waals surface area contributed by atoms with Crippen molar-refractivity contribution < 1.29 is 4.74 Å². The summed E-state index contributed by atoms with van der Waals surface area (Å²) in [5.74, 6) is 1.06. The molecule has 70 valence electrons. The minimum atomic E-state index is 0.216. The molecule has 1 aliphatic rings. The maximum atomic E-state index is 5.79. The van der Waals surface area contributed by atoms with E-state index in [9.17, 15) is 0 Å². The molecule has 0 spiro atoms. The van der Waals surface area contributed by atoms with Crippen LogP contribution in [0.25, 0.3) is 0 Å². The average molecular weight is 177 g/mol. The van der Waals surface area contributed by atoms with Crippen LogP contribution >= 0.6 is 0 Å². The van der Waals surface area contributed by atoms with E-state index in [1.807, 2.05) is 0 Å². The van der Waals surface area contributed by atoms with Gasteiger partial charge in [-0.15, -0.1) is 0 Å². The van der Waals surface area contributed by atoms with Crippen LogP contribution in [-0.2, 0) is 6.42 Å². The number of rotatable bonds is 1. The highest BCUT2D eigenvalue weighted by Crippen LogP contribution is 2.30. The number of nitrogens with two attached hydrogens (primary N) is 1. The first-order valence-corrected chi connectivity index (χ1v) is 4.76. The lowest BCUT2D eigenvalue weighted by molar-refractivity contribution is 0.180. The minimum Gasteiger partial charge on any atom is -0.489 e. The van der Waals surface area contributed by atoms with E-state index in [1.54, 1.807) is 0 Å². The zero-order valence-corrected chi connectivity index (χ0v) is 7.92. The van der Waals surface area contributed by atoms with Crippen molar-refractivity contribution >= 4 is 0 Å². The third kappa shape index (κ3) is 1.54. The van der Waals surface area contributed by atoms with Gasteiger partial charge in [-0.05, 0) is 30.9 Å². The van der Waals surface area contributed by atoms with Crippen LogP contribution in [0.15, 0.2) is 18.2 Å². The lowest BCUT2D eigenvalue weighted by Gasteiger charge is -2.26. The first-order valence-electron chi connectivity index (χ1n) is 4.76. The van der Waals surface area contributed by atoms with Gasteiger partial charge in [-0.3, -0.25) is 0 Å². The van der Waals surface area contributed by atoms with E-state index < -0.39 is 0 Å². The van der Waals surface area contributed by atoms with Gasteiger partial charge in [0.05, 0.1) is 0 Å². The highest BCUT2D eigenvalue weighted by atomic mass is 16.5. The van der Waals surface area contributed by atoms with Crippen molar-refractivity contribution in [1.29, 1.82) is 0 Å². The fourth-order valence-electron chi connectivity index (χ4n) is 1.79. The Balaban J connectivity index is 2.32. The van der Waals surface area contributed by atoms with Gasteiger partial charge in [-0.1, -0.05) is 18.2 Å². The molecule has 1 heterocycles. The molecule has 0 saturated heterocycles. The molecule has 0 saturated carbocycles. The van der Waals surface area contributed by atoms with Crippen LogP contribution in [0.2, 0.25) is 0 Å². The molecule has 0 radical (unpaired) electrons. The average Bonchev–Trinajstić information content (AvgIpc) is 2.18. The molecule has 2 nitrogen and oxygen atoms in total. The quantitative estimate of drug-likeness (QED) is 0.708. The van der Waals surface area contributed by atoms with E-state index >= 15 is 0 Å². The maximum Gasteiger partial charge on any atom is 0.125 e. The highest BCUT2D eigenvalue weighted by Gasteiger charge is 2.19. The van der Waals surface area contributed by atoms with Gasteiger partial charge in [0.25, 0.3) is 0 Å². The second-order valence-electron chi connectivity index (χ2n) is 3.58. The van der Waals surface area contributed by atoms with Crippen LogP contribution < -0.4 is 10.5 Å². The number of para-hydroxylation sites is 1. The molecular weight excluding hydrogens is 162 g/mol. The third-order valence-corrected chi connectivity index (χ3v) is 2.58. The Labute approximate surface area is 78.7 Å². The van der Waals surface area contributed by atoms with E-state index in [0.29, 0.717) is 6.54 Å². The molecule has 1 aromatic carbocycles. The Bertz CT molecular complexity index is 309. The van der Waals surface area contributed by atoms with Crippen molar-refractivity contribution in [1.82, 2.24) is 0 Å². The number of hydrogen-bond donors (Lipinski definition) is 1. The number of benzene rings is 1. The molecule has 2 heteroatoms. The van der Waals surface area contributed by atoms with Crippen LogP contribution in [0.5, 0.6) is 5.75 Å². The molecule has 1 aromatic rings. The zero-order chi connectivity index (χ0) is 9.26. The topological polar surface area (TPSA) is 35.2 Å². The van der Waals surface area contributed by atoms with Crippen molar-refractivity contribution in [2.75, 3.05) is 6.54 Å². The summed E-state index contributed by atoms with van der Waals surface area (Å²) in [4.78, 5) is 0. The first-order chi connectivity index (χ1) is 6.31. The normalized spacial score (nSPS) is 20.6. The van der Waals surface area contributed by atoms with Crippen LogP contribution in [0.4, 0.5) is 0 Å². The van der Waals surface area contributed by atoms with Crippen LogP contribution in [0.3, 0.4) is 0 Å². The lowest BCUT2D eigenvalue weighted by Crippen LogP contribution is -2.30. The maximum absolute atomic E-state index is 5.79. The predicted molar refractivity (Wildman–Crippen MR) is 53.0 cm³/mol. The summed E-state index contributed by atoms with van der Waals surface area (Å²) < 4.78 is 5.79. The minimum absolute atomic E-state index is 0.216. The van der Waals surface area contributed by atoms with Gasteiger partial charge >= 0.3 is 0 Å². The van der Waals surface area contributed by atoms with E-state index in [0.717, 1.165) is 18.6 Å². The van der Waals surface area contributed by atoms with E-state index in [-0.39, 0.29) is 6.10 Å². The molecule has 2 N–H and O–H groups in total. The Morgan fingerprint density at radius 1 is 1.54 bits per heavy atom. The van der Waals surface area contributed by atoms with Gasteiger partial charge in [0.2, 0.25) is 0 Å². The second-order valence-corrected chi connectivity index (χ2v) is 3.58. The number of aryl methyl sites for hydroxylation is 2.